The molecule has 0 aliphatic rings. The SMILES string of the molecule is C/C=C/CCCCCCOC(=O)c1ccc(S(=O)(=O)O)cc1C(=O)OCCCCCC/C=C/C. The molecule has 0 atom stereocenters. The predicted octanol–water partition coefficient (Wildman–Crippen LogP) is 6.30. The van der Waals surface area contributed by atoms with Crippen molar-refractivity contribution in [2.75, 3.05) is 13.2 Å². The highest BCUT2D eigenvalue weighted by Gasteiger charge is 2.23. The molecule has 1 aromatic carbocycles. The van der Waals surface area contributed by atoms with Crippen molar-refractivity contribution in [2.45, 2.75) is 83.0 Å². The molecule has 8 heteroatoms. The standard InChI is InChI=1S/C26H38O7S/c1-3-5-7-9-11-13-15-19-32-25(27)23-18-17-22(34(29,30)31)21-24(23)26(28)33-20-16-14-12-10-8-6-4-2/h3-6,17-18,21H,7-16,19-20H2,1-2H3,(H,29,30,31)/b5-3+,6-4+. The lowest BCUT2D eigenvalue weighted by molar-refractivity contribution is 0.0450. The lowest BCUT2D eigenvalue weighted by atomic mass is 10.1. The Labute approximate surface area is 204 Å². The van der Waals surface area contributed by atoms with E-state index in [1.54, 1.807) is 0 Å². The van der Waals surface area contributed by atoms with Crippen LogP contribution in [-0.4, -0.2) is 38.1 Å². The Morgan fingerprint density at radius 2 is 1.24 bits per heavy atom. The molecule has 0 heterocycles. The molecule has 1 aromatic rings. The number of rotatable bonds is 17. The monoisotopic (exact) mass is 494 g/mol. The Morgan fingerprint density at radius 1 is 0.765 bits per heavy atom. The van der Waals surface area contributed by atoms with Crippen LogP contribution < -0.4 is 0 Å². The molecule has 190 valence electrons. The minimum absolute atomic E-state index is 0.0863. The Hall–Kier alpha value is -2.45. The van der Waals surface area contributed by atoms with Gasteiger partial charge < -0.3 is 9.47 Å². The maximum absolute atomic E-state index is 12.6. The Balaban J connectivity index is 2.66. The second-order valence-electron chi connectivity index (χ2n) is 8.00. The van der Waals surface area contributed by atoms with Gasteiger partial charge in [0.05, 0.1) is 29.2 Å². The van der Waals surface area contributed by atoms with Crippen LogP contribution in [0.15, 0.2) is 47.4 Å². The van der Waals surface area contributed by atoms with Gasteiger partial charge in [0.1, 0.15) is 0 Å². The summed E-state index contributed by atoms with van der Waals surface area (Å²) in [6.45, 7) is 4.32. The molecule has 7 nitrogen and oxygen atoms in total. The van der Waals surface area contributed by atoms with Gasteiger partial charge in [0.15, 0.2) is 0 Å². The minimum Gasteiger partial charge on any atom is -0.462 e. The van der Waals surface area contributed by atoms with Crippen molar-refractivity contribution in [2.24, 2.45) is 0 Å². The van der Waals surface area contributed by atoms with Crippen LogP contribution in [0.5, 0.6) is 0 Å². The summed E-state index contributed by atoms with van der Waals surface area (Å²) >= 11 is 0. The van der Waals surface area contributed by atoms with E-state index in [1.165, 1.54) is 6.07 Å². The van der Waals surface area contributed by atoms with Gasteiger partial charge in [-0.25, -0.2) is 9.59 Å². The van der Waals surface area contributed by atoms with Crippen molar-refractivity contribution in [3.63, 3.8) is 0 Å². The van der Waals surface area contributed by atoms with Gasteiger partial charge in [-0.2, -0.15) is 8.42 Å². The summed E-state index contributed by atoms with van der Waals surface area (Å²) in [6.07, 6.45) is 17.6. The molecule has 1 N–H and O–H groups in total. The topological polar surface area (TPSA) is 107 Å². The van der Waals surface area contributed by atoms with Crippen molar-refractivity contribution in [1.29, 1.82) is 0 Å². The smallest absolute Gasteiger partial charge is 0.339 e. The van der Waals surface area contributed by atoms with Crippen LogP contribution in [-0.2, 0) is 19.6 Å². The maximum Gasteiger partial charge on any atom is 0.339 e. The second kappa shape index (κ2) is 17.1. The number of benzene rings is 1. The predicted molar refractivity (Wildman–Crippen MR) is 133 cm³/mol. The summed E-state index contributed by atoms with van der Waals surface area (Å²) in [6, 6.07) is 3.18. The third-order valence-electron chi connectivity index (χ3n) is 5.20. The van der Waals surface area contributed by atoms with E-state index in [9.17, 15) is 22.6 Å². The van der Waals surface area contributed by atoms with Crippen molar-refractivity contribution in [3.8, 4) is 0 Å². The Morgan fingerprint density at radius 3 is 1.71 bits per heavy atom. The molecule has 0 spiro atoms. The van der Waals surface area contributed by atoms with Crippen LogP contribution in [0.1, 0.15) is 98.8 Å². The third-order valence-corrected chi connectivity index (χ3v) is 6.05. The molecular weight excluding hydrogens is 456 g/mol. The van der Waals surface area contributed by atoms with Gasteiger partial charge in [-0.05, 0) is 70.6 Å². The molecule has 0 fully saturated rings. The highest BCUT2D eigenvalue weighted by atomic mass is 32.2. The summed E-state index contributed by atoms with van der Waals surface area (Å²) in [7, 11) is -4.55. The number of carbonyl (C=O) groups excluding carboxylic acids is 2. The summed E-state index contributed by atoms with van der Waals surface area (Å²) < 4.78 is 42.9. The molecule has 0 aliphatic heterocycles. The molecule has 0 unspecified atom stereocenters. The first kappa shape index (κ1) is 29.6. The van der Waals surface area contributed by atoms with E-state index in [-0.39, 0.29) is 24.3 Å². The van der Waals surface area contributed by atoms with Crippen molar-refractivity contribution >= 4 is 22.1 Å². The van der Waals surface area contributed by atoms with Gasteiger partial charge in [0, 0.05) is 0 Å². The minimum atomic E-state index is -4.55. The van der Waals surface area contributed by atoms with Gasteiger partial charge in [0.2, 0.25) is 0 Å². The largest absolute Gasteiger partial charge is 0.462 e. The molecule has 0 bridgehead atoms. The zero-order chi connectivity index (χ0) is 25.2. The molecule has 0 saturated heterocycles. The van der Waals surface area contributed by atoms with Gasteiger partial charge in [0.25, 0.3) is 10.1 Å². The van der Waals surface area contributed by atoms with Crippen LogP contribution >= 0.6 is 0 Å². The van der Waals surface area contributed by atoms with E-state index in [2.05, 4.69) is 12.2 Å². The molecule has 0 amide bonds. The highest BCUT2D eigenvalue weighted by Crippen LogP contribution is 2.19. The van der Waals surface area contributed by atoms with Crippen LogP contribution in [0.3, 0.4) is 0 Å². The van der Waals surface area contributed by atoms with Crippen LogP contribution in [0.4, 0.5) is 0 Å². The molecule has 0 saturated carbocycles. The molecule has 0 aromatic heterocycles. The normalized spacial score (nSPS) is 11.9. The van der Waals surface area contributed by atoms with Crippen molar-refractivity contribution < 1.29 is 32.0 Å². The van der Waals surface area contributed by atoms with Gasteiger partial charge >= 0.3 is 11.9 Å². The number of unbranched alkanes of at least 4 members (excludes halogenated alkanes) is 8. The molecule has 1 rings (SSSR count). The maximum atomic E-state index is 12.6. The summed E-state index contributed by atoms with van der Waals surface area (Å²) in [5, 5.41) is 0. The highest BCUT2D eigenvalue weighted by molar-refractivity contribution is 7.85. The first-order valence-electron chi connectivity index (χ1n) is 12.0. The fourth-order valence-electron chi connectivity index (χ4n) is 3.28. The number of esters is 2. The van der Waals surface area contributed by atoms with Gasteiger partial charge in [-0.1, -0.05) is 50.0 Å². The average Bonchev–Trinajstić information content (AvgIpc) is 2.81. The van der Waals surface area contributed by atoms with Crippen molar-refractivity contribution in [3.05, 3.63) is 53.6 Å². The van der Waals surface area contributed by atoms with E-state index < -0.39 is 27.0 Å². The van der Waals surface area contributed by atoms with Crippen LogP contribution in [0, 0.1) is 0 Å². The lowest BCUT2D eigenvalue weighted by Gasteiger charge is -2.11. The van der Waals surface area contributed by atoms with Crippen LogP contribution in [0.25, 0.3) is 0 Å². The van der Waals surface area contributed by atoms with Crippen molar-refractivity contribution in [1.82, 2.24) is 0 Å². The summed E-state index contributed by atoms with van der Waals surface area (Å²) in [5.74, 6) is -1.55. The lowest BCUT2D eigenvalue weighted by Crippen LogP contribution is -2.16. The fraction of sp³-hybridized carbons (Fsp3) is 0.538. The zero-order valence-electron chi connectivity index (χ0n) is 20.3. The number of hydrogen-bond acceptors (Lipinski definition) is 6. The molecule has 34 heavy (non-hydrogen) atoms. The first-order valence-corrected chi connectivity index (χ1v) is 13.4. The van der Waals surface area contributed by atoms with Crippen LogP contribution in [0.2, 0.25) is 0 Å². The number of hydrogen-bond donors (Lipinski definition) is 1. The third kappa shape index (κ3) is 12.1. The Bertz CT molecular complexity index is 917. The first-order chi connectivity index (χ1) is 16.3. The number of allylic oxidation sites excluding steroid dienone is 4. The summed E-state index contributed by atoms with van der Waals surface area (Å²) in [5.41, 5.74) is -0.323. The van der Waals surface area contributed by atoms with E-state index in [1.807, 2.05) is 26.0 Å². The quantitative estimate of drug-likeness (QED) is 0.117. The molecule has 0 radical (unpaired) electrons. The number of carbonyl (C=O) groups is 2. The Kier molecular flexibility index (Phi) is 14.8. The molecular formula is C26H38O7S. The number of ether oxygens (including phenoxy) is 2. The van der Waals surface area contributed by atoms with Gasteiger partial charge in [-0.3, -0.25) is 4.55 Å². The second-order valence-corrected chi connectivity index (χ2v) is 9.42. The van der Waals surface area contributed by atoms with Gasteiger partial charge in [-0.15, -0.1) is 0 Å². The molecule has 0 aliphatic carbocycles. The summed E-state index contributed by atoms with van der Waals surface area (Å²) in [4.78, 5) is 24.7. The van der Waals surface area contributed by atoms with E-state index >= 15 is 0 Å². The van der Waals surface area contributed by atoms with E-state index in [4.69, 9.17) is 9.47 Å². The van der Waals surface area contributed by atoms with E-state index in [0.717, 1.165) is 63.5 Å². The average molecular weight is 495 g/mol. The van der Waals surface area contributed by atoms with E-state index in [0.29, 0.717) is 12.8 Å². The fourth-order valence-corrected chi connectivity index (χ4v) is 3.79. The zero-order valence-corrected chi connectivity index (χ0v) is 21.1.